The third kappa shape index (κ3) is 3.85. The third-order valence-electron chi connectivity index (χ3n) is 4.19. The Morgan fingerprint density at radius 2 is 2.29 bits per heavy atom. The van der Waals surface area contributed by atoms with Crippen molar-refractivity contribution >= 4 is 10.0 Å². The molecule has 0 aromatic carbocycles. The minimum Gasteiger partial charge on any atom is -0.472 e. The summed E-state index contributed by atoms with van der Waals surface area (Å²) in [4.78, 5) is 2.28. The number of ether oxygens (including phenoxy) is 1. The van der Waals surface area contributed by atoms with Crippen LogP contribution in [0.5, 0.6) is 0 Å². The molecule has 2 saturated heterocycles. The summed E-state index contributed by atoms with van der Waals surface area (Å²) < 4.78 is 36.9. The van der Waals surface area contributed by atoms with Crippen LogP contribution in [-0.2, 0) is 21.3 Å². The summed E-state index contributed by atoms with van der Waals surface area (Å²) in [6.07, 6.45) is 6.75. The third-order valence-corrected chi connectivity index (χ3v) is 4.92. The second-order valence-corrected chi connectivity index (χ2v) is 7.84. The quantitative estimate of drug-likeness (QED) is 0.890. The Bertz CT molecular complexity index is 558. The van der Waals surface area contributed by atoms with Gasteiger partial charge in [0, 0.05) is 31.8 Å². The number of fused-ring (bicyclic) bond motifs is 1. The Hall–Kier alpha value is -0.890. The van der Waals surface area contributed by atoms with Crippen LogP contribution >= 0.6 is 0 Å². The van der Waals surface area contributed by atoms with Crippen LogP contribution in [0, 0.1) is 5.92 Å². The molecule has 0 aliphatic carbocycles. The van der Waals surface area contributed by atoms with Gasteiger partial charge in [0.25, 0.3) is 0 Å². The topological polar surface area (TPSA) is 71.8 Å². The molecule has 0 bridgehead atoms. The molecule has 0 spiro atoms. The lowest BCUT2D eigenvalue weighted by atomic mass is 9.85. The first-order valence-corrected chi connectivity index (χ1v) is 9.23. The van der Waals surface area contributed by atoms with E-state index in [0.717, 1.165) is 38.1 Å². The van der Waals surface area contributed by atoms with E-state index in [4.69, 9.17) is 9.15 Å². The fourth-order valence-electron chi connectivity index (χ4n) is 3.44. The first-order valence-electron chi connectivity index (χ1n) is 7.33. The highest BCUT2D eigenvalue weighted by atomic mass is 32.2. The molecule has 3 atom stereocenters. The van der Waals surface area contributed by atoms with E-state index in [1.54, 1.807) is 12.5 Å². The monoisotopic (exact) mass is 314 g/mol. The van der Waals surface area contributed by atoms with Crippen LogP contribution in [0.3, 0.4) is 0 Å². The summed E-state index contributed by atoms with van der Waals surface area (Å²) in [6.45, 7) is 3.11. The number of furan rings is 1. The van der Waals surface area contributed by atoms with E-state index in [1.807, 2.05) is 6.07 Å². The second-order valence-electron chi connectivity index (χ2n) is 6.06. The molecule has 2 aliphatic heterocycles. The number of hydrogen-bond donors (Lipinski definition) is 1. The van der Waals surface area contributed by atoms with Crippen LogP contribution in [0.2, 0.25) is 0 Å². The largest absolute Gasteiger partial charge is 0.472 e. The van der Waals surface area contributed by atoms with Gasteiger partial charge in [0.1, 0.15) is 0 Å². The van der Waals surface area contributed by atoms with E-state index in [1.165, 1.54) is 6.26 Å². The summed E-state index contributed by atoms with van der Waals surface area (Å²) in [5, 5.41) is 0. The number of sulfonamides is 1. The fourth-order valence-corrected chi connectivity index (χ4v) is 4.20. The van der Waals surface area contributed by atoms with Crippen molar-refractivity contribution in [2.45, 2.75) is 31.5 Å². The summed E-state index contributed by atoms with van der Waals surface area (Å²) in [7, 11) is -3.23. The molecule has 3 rings (SSSR count). The van der Waals surface area contributed by atoms with Gasteiger partial charge in [-0.15, -0.1) is 0 Å². The molecule has 2 fully saturated rings. The van der Waals surface area contributed by atoms with Crippen LogP contribution in [0.15, 0.2) is 23.0 Å². The number of rotatable bonds is 4. The first-order chi connectivity index (χ1) is 10.0. The minimum absolute atomic E-state index is 0.00549. The highest BCUT2D eigenvalue weighted by molar-refractivity contribution is 7.88. The van der Waals surface area contributed by atoms with E-state index in [0.29, 0.717) is 12.5 Å². The van der Waals surface area contributed by atoms with Gasteiger partial charge in [0.05, 0.1) is 30.9 Å². The molecule has 118 valence electrons. The lowest BCUT2D eigenvalue weighted by molar-refractivity contribution is -0.0823. The smallest absolute Gasteiger partial charge is 0.209 e. The van der Waals surface area contributed by atoms with Gasteiger partial charge in [0.15, 0.2) is 0 Å². The average Bonchev–Trinajstić information content (AvgIpc) is 2.90. The lowest BCUT2D eigenvalue weighted by Gasteiger charge is -2.45. The summed E-state index contributed by atoms with van der Waals surface area (Å²) in [5.41, 5.74) is 1.11. The molecule has 1 aromatic rings. The number of nitrogens with zero attached hydrogens (tertiary/aromatic N) is 1. The van der Waals surface area contributed by atoms with E-state index >= 15 is 0 Å². The maximum Gasteiger partial charge on any atom is 0.209 e. The highest BCUT2D eigenvalue weighted by Gasteiger charge is 2.40. The van der Waals surface area contributed by atoms with Gasteiger partial charge >= 0.3 is 0 Å². The van der Waals surface area contributed by atoms with Gasteiger partial charge in [-0.3, -0.25) is 4.90 Å². The molecule has 0 radical (unpaired) electrons. The van der Waals surface area contributed by atoms with Crippen molar-refractivity contribution in [3.05, 3.63) is 24.2 Å². The van der Waals surface area contributed by atoms with Crippen LogP contribution in [-0.4, -0.2) is 51.4 Å². The lowest BCUT2D eigenvalue weighted by Crippen LogP contribution is -2.60. The zero-order chi connectivity index (χ0) is 14.9. The molecule has 3 heterocycles. The van der Waals surface area contributed by atoms with Gasteiger partial charge < -0.3 is 9.15 Å². The van der Waals surface area contributed by atoms with Gasteiger partial charge in [-0.1, -0.05) is 0 Å². The number of hydrogen-bond acceptors (Lipinski definition) is 5. The zero-order valence-corrected chi connectivity index (χ0v) is 13.0. The number of nitrogens with one attached hydrogen (secondary N) is 1. The number of piperidine rings is 1. The highest BCUT2D eigenvalue weighted by Crippen LogP contribution is 2.29. The summed E-state index contributed by atoms with van der Waals surface area (Å²) in [5.74, 6) is 0.388. The van der Waals surface area contributed by atoms with Crippen LogP contribution in [0.1, 0.15) is 18.4 Å². The SMILES string of the molecule is CS(=O)(=O)N[C@@H]1CN(Cc2ccoc2)C[C@@H]2CCCO[C@@H]21. The minimum atomic E-state index is -3.23. The molecule has 21 heavy (non-hydrogen) atoms. The predicted octanol–water partition coefficient (Wildman–Crippen LogP) is 0.808. The standard InChI is InChI=1S/C14H22N2O4S/c1-21(17,18)15-13-9-16(7-11-4-6-19-10-11)8-12-3-2-5-20-14(12)13/h4,6,10,12-15H,2-3,5,7-9H2,1H3/t12-,13+,14-/m0/s1. The molecular formula is C14H22N2O4S. The van der Waals surface area contributed by atoms with E-state index < -0.39 is 10.0 Å². The average molecular weight is 314 g/mol. The summed E-state index contributed by atoms with van der Waals surface area (Å²) >= 11 is 0. The second kappa shape index (κ2) is 6.08. The Kier molecular flexibility index (Phi) is 4.35. The zero-order valence-electron chi connectivity index (χ0n) is 12.2. The molecule has 7 heteroatoms. The molecule has 1 aromatic heterocycles. The van der Waals surface area contributed by atoms with Crippen molar-refractivity contribution in [1.82, 2.24) is 9.62 Å². The van der Waals surface area contributed by atoms with Gasteiger partial charge in [-0.2, -0.15) is 0 Å². The molecule has 6 nitrogen and oxygen atoms in total. The van der Waals surface area contributed by atoms with Crippen LogP contribution in [0.4, 0.5) is 0 Å². The Morgan fingerprint density at radius 3 is 3.00 bits per heavy atom. The maximum absolute atomic E-state index is 11.6. The van der Waals surface area contributed by atoms with Gasteiger partial charge in [-0.05, 0) is 24.8 Å². The molecular weight excluding hydrogens is 292 g/mol. The Morgan fingerprint density at radius 1 is 1.43 bits per heavy atom. The van der Waals surface area contributed by atoms with Crippen LogP contribution < -0.4 is 4.72 Å². The normalized spacial score (nSPS) is 31.0. The Balaban J connectivity index is 1.73. The summed E-state index contributed by atoms with van der Waals surface area (Å²) in [6, 6.07) is 1.77. The first kappa shape index (κ1) is 15.0. The molecule has 0 amide bonds. The van der Waals surface area contributed by atoms with Crippen molar-refractivity contribution < 1.29 is 17.6 Å². The van der Waals surface area contributed by atoms with Gasteiger partial charge in [0.2, 0.25) is 10.0 Å². The molecule has 0 saturated carbocycles. The molecule has 0 unspecified atom stereocenters. The molecule has 1 N–H and O–H groups in total. The predicted molar refractivity (Wildman–Crippen MR) is 78.2 cm³/mol. The maximum atomic E-state index is 11.6. The van der Waals surface area contributed by atoms with Crippen molar-refractivity contribution in [3.8, 4) is 0 Å². The Labute approximate surface area is 125 Å². The van der Waals surface area contributed by atoms with E-state index in [-0.39, 0.29) is 12.1 Å². The molecule has 2 aliphatic rings. The van der Waals surface area contributed by atoms with Gasteiger partial charge in [-0.25, -0.2) is 13.1 Å². The number of likely N-dealkylation sites (tertiary alicyclic amines) is 1. The van der Waals surface area contributed by atoms with Crippen molar-refractivity contribution in [2.75, 3.05) is 26.0 Å². The van der Waals surface area contributed by atoms with Crippen molar-refractivity contribution in [3.63, 3.8) is 0 Å². The van der Waals surface area contributed by atoms with Crippen molar-refractivity contribution in [1.29, 1.82) is 0 Å². The fraction of sp³-hybridized carbons (Fsp3) is 0.714. The van der Waals surface area contributed by atoms with Crippen molar-refractivity contribution in [2.24, 2.45) is 5.92 Å². The van der Waals surface area contributed by atoms with E-state index in [9.17, 15) is 8.42 Å². The van der Waals surface area contributed by atoms with E-state index in [2.05, 4.69) is 9.62 Å². The van der Waals surface area contributed by atoms with Crippen LogP contribution in [0.25, 0.3) is 0 Å².